The molecule has 0 aliphatic carbocycles. The van der Waals surface area contributed by atoms with Crippen LogP contribution in [0.25, 0.3) is 0 Å². The number of hydrogen-bond acceptors (Lipinski definition) is 5. The van der Waals surface area contributed by atoms with Crippen molar-refractivity contribution in [3.8, 4) is 5.75 Å². The van der Waals surface area contributed by atoms with E-state index in [1.54, 1.807) is 12.0 Å². The minimum Gasteiger partial charge on any atom is -0.495 e. The molecule has 3 aliphatic rings. The number of amides is 4. The van der Waals surface area contributed by atoms with Gasteiger partial charge in [0.05, 0.1) is 42.2 Å². The van der Waals surface area contributed by atoms with Gasteiger partial charge in [0.15, 0.2) is 0 Å². The molecule has 3 heterocycles. The lowest BCUT2D eigenvalue weighted by atomic mass is 9.92. The zero-order valence-electron chi connectivity index (χ0n) is 21.5. The minimum atomic E-state index is -4.67. The second-order valence-corrected chi connectivity index (χ2v) is 9.59. The summed E-state index contributed by atoms with van der Waals surface area (Å²) in [7, 11) is 3.05. The Morgan fingerprint density at radius 1 is 1.03 bits per heavy atom. The first-order valence-electron chi connectivity index (χ1n) is 12.5. The van der Waals surface area contributed by atoms with Crippen LogP contribution in [-0.4, -0.2) is 86.0 Å². The number of nitrogens with one attached hydrogen (secondary N) is 1. The van der Waals surface area contributed by atoms with Gasteiger partial charge in [-0.15, -0.1) is 0 Å². The first kappa shape index (κ1) is 26.4. The zero-order chi connectivity index (χ0) is 27.9. The summed E-state index contributed by atoms with van der Waals surface area (Å²) in [5.74, 6) is -0.0950. The van der Waals surface area contributed by atoms with Crippen LogP contribution in [0.4, 0.5) is 23.7 Å². The summed E-state index contributed by atoms with van der Waals surface area (Å²) < 4.78 is 46.7. The lowest BCUT2D eigenvalue weighted by molar-refractivity contribution is -0.138. The van der Waals surface area contributed by atoms with Gasteiger partial charge in [-0.05, 0) is 23.8 Å². The Morgan fingerprint density at radius 3 is 2.38 bits per heavy atom. The van der Waals surface area contributed by atoms with Crippen molar-refractivity contribution in [2.45, 2.75) is 12.2 Å². The van der Waals surface area contributed by atoms with Gasteiger partial charge < -0.3 is 24.8 Å². The first-order valence-corrected chi connectivity index (χ1v) is 12.5. The number of urea groups is 1. The van der Waals surface area contributed by atoms with Crippen molar-refractivity contribution in [2.24, 2.45) is 0 Å². The number of halogens is 3. The molecule has 5 rings (SSSR count). The molecule has 0 bridgehead atoms. The number of rotatable bonds is 5. The molecule has 12 heteroatoms. The predicted octanol–water partition coefficient (Wildman–Crippen LogP) is 2.86. The number of carbonyl (C=O) groups is 3. The van der Waals surface area contributed by atoms with Crippen molar-refractivity contribution in [3.63, 3.8) is 0 Å². The molecule has 1 N–H and O–H groups in total. The van der Waals surface area contributed by atoms with Crippen LogP contribution in [0.15, 0.2) is 59.8 Å². The van der Waals surface area contributed by atoms with E-state index >= 15 is 0 Å². The van der Waals surface area contributed by atoms with Crippen molar-refractivity contribution in [3.05, 3.63) is 70.9 Å². The summed E-state index contributed by atoms with van der Waals surface area (Å²) in [5.41, 5.74) is 0.126. The lowest BCUT2D eigenvalue weighted by Crippen LogP contribution is -2.51. The first-order chi connectivity index (χ1) is 18.6. The number of ether oxygens (including phenoxy) is 1. The number of nitrogens with zero attached hydrogens (tertiary/aromatic N) is 4. The molecule has 0 spiro atoms. The van der Waals surface area contributed by atoms with Crippen molar-refractivity contribution < 1.29 is 32.3 Å². The van der Waals surface area contributed by atoms with Gasteiger partial charge in [-0.3, -0.25) is 14.5 Å². The molecule has 1 atom stereocenters. The summed E-state index contributed by atoms with van der Waals surface area (Å²) in [6, 6.07) is 10.6. The van der Waals surface area contributed by atoms with E-state index in [0.29, 0.717) is 31.9 Å². The highest BCUT2D eigenvalue weighted by atomic mass is 19.4. The summed E-state index contributed by atoms with van der Waals surface area (Å²) >= 11 is 0. The Morgan fingerprint density at radius 2 is 1.69 bits per heavy atom. The van der Waals surface area contributed by atoms with E-state index < -0.39 is 29.7 Å². The third kappa shape index (κ3) is 4.86. The van der Waals surface area contributed by atoms with Gasteiger partial charge in [-0.25, -0.2) is 4.79 Å². The average molecular weight is 544 g/mol. The fourth-order valence-electron chi connectivity index (χ4n) is 5.34. The Hall–Kier alpha value is -4.22. The fourth-order valence-corrected chi connectivity index (χ4v) is 5.34. The van der Waals surface area contributed by atoms with E-state index in [1.807, 2.05) is 24.3 Å². The molecular formula is C27H28F3N5O4. The number of carbonyl (C=O) groups excluding carboxylic acids is 3. The molecule has 0 radical (unpaired) electrons. The normalized spacial score (nSPS) is 19.9. The maximum absolute atomic E-state index is 13.8. The van der Waals surface area contributed by atoms with Crippen LogP contribution >= 0.6 is 0 Å². The number of para-hydroxylation sites is 2. The largest absolute Gasteiger partial charge is 0.495 e. The van der Waals surface area contributed by atoms with Crippen molar-refractivity contribution in [2.75, 3.05) is 58.3 Å². The van der Waals surface area contributed by atoms with Gasteiger partial charge in [0.1, 0.15) is 12.3 Å². The van der Waals surface area contributed by atoms with Gasteiger partial charge in [0, 0.05) is 33.2 Å². The Kier molecular flexibility index (Phi) is 6.87. The predicted molar refractivity (Wildman–Crippen MR) is 136 cm³/mol. The van der Waals surface area contributed by atoms with Crippen molar-refractivity contribution >= 4 is 23.5 Å². The fraction of sp³-hybridized carbons (Fsp3) is 0.370. The van der Waals surface area contributed by atoms with Gasteiger partial charge >= 0.3 is 12.2 Å². The number of anilines is 1. The molecule has 1 saturated heterocycles. The van der Waals surface area contributed by atoms with Crippen LogP contribution < -0.4 is 15.0 Å². The van der Waals surface area contributed by atoms with E-state index in [0.717, 1.165) is 17.5 Å². The molecule has 0 saturated carbocycles. The zero-order valence-corrected chi connectivity index (χ0v) is 21.5. The van der Waals surface area contributed by atoms with Gasteiger partial charge in [0.2, 0.25) is 5.91 Å². The third-order valence-corrected chi connectivity index (χ3v) is 7.40. The van der Waals surface area contributed by atoms with E-state index in [9.17, 15) is 27.6 Å². The monoisotopic (exact) mass is 543 g/mol. The molecule has 39 heavy (non-hydrogen) atoms. The summed E-state index contributed by atoms with van der Waals surface area (Å²) in [5, 5.41) is 2.53. The van der Waals surface area contributed by atoms with Crippen LogP contribution in [0.5, 0.6) is 5.75 Å². The molecule has 206 valence electrons. The second-order valence-electron chi connectivity index (χ2n) is 9.59. The molecule has 2 aromatic rings. The van der Waals surface area contributed by atoms with Gasteiger partial charge in [0.25, 0.3) is 5.91 Å². The summed E-state index contributed by atoms with van der Waals surface area (Å²) in [4.78, 5) is 45.6. The number of hydrogen-bond donors (Lipinski definition) is 1. The maximum atomic E-state index is 13.8. The Labute approximate surface area is 223 Å². The molecule has 0 unspecified atom stereocenters. The summed E-state index contributed by atoms with van der Waals surface area (Å²) in [6.07, 6.45) is -4.67. The smallest absolute Gasteiger partial charge is 0.416 e. The van der Waals surface area contributed by atoms with Crippen LogP contribution in [0.2, 0.25) is 0 Å². The molecular weight excluding hydrogens is 515 g/mol. The van der Waals surface area contributed by atoms with Crippen LogP contribution in [0.3, 0.4) is 0 Å². The van der Waals surface area contributed by atoms with E-state index in [4.69, 9.17) is 4.74 Å². The van der Waals surface area contributed by atoms with Crippen LogP contribution in [0.1, 0.15) is 17.2 Å². The Bertz CT molecular complexity index is 1340. The number of likely N-dealkylation sites (N-methyl/N-ethyl adjacent to an activating group) is 1. The van der Waals surface area contributed by atoms with Gasteiger partial charge in [-0.1, -0.05) is 30.3 Å². The number of methoxy groups -OCH3 is 1. The number of benzene rings is 2. The topological polar surface area (TPSA) is 85.4 Å². The van der Waals surface area contributed by atoms with Gasteiger partial charge in [-0.2, -0.15) is 13.2 Å². The molecule has 9 nitrogen and oxygen atoms in total. The molecule has 2 aromatic carbocycles. The van der Waals surface area contributed by atoms with Crippen molar-refractivity contribution in [1.82, 2.24) is 20.0 Å². The number of alkyl halides is 3. The maximum Gasteiger partial charge on any atom is 0.416 e. The van der Waals surface area contributed by atoms with Crippen molar-refractivity contribution in [1.29, 1.82) is 0 Å². The van der Waals surface area contributed by atoms with Crippen LogP contribution in [-0.2, 0) is 15.8 Å². The number of piperazine rings is 1. The molecule has 3 aliphatic heterocycles. The SMILES string of the molecule is COc1ccccc1N1CCN(C(=O)CN2CC3=C(C2=O)[C@@H](c2ccccc2C(F)(F)F)NC(=O)N3C)CC1. The van der Waals surface area contributed by atoms with Crippen LogP contribution in [0, 0.1) is 0 Å². The lowest BCUT2D eigenvalue weighted by Gasteiger charge is -2.37. The highest BCUT2D eigenvalue weighted by Crippen LogP contribution is 2.41. The summed E-state index contributed by atoms with van der Waals surface area (Å²) in [6.45, 7) is 1.74. The average Bonchev–Trinajstić information content (AvgIpc) is 3.26. The highest BCUT2D eigenvalue weighted by Gasteiger charge is 2.46. The standard InChI is InChI=1S/C27H28F3N5O4/c1-32-20-15-35(16-22(36)34-13-11-33(12-14-34)19-9-5-6-10-21(19)39-2)25(37)23(20)24(31-26(32)38)17-7-3-4-8-18(17)27(28,29)30/h3-10,24H,11-16H2,1-2H3,(H,31,38)/t24-/m1/s1. The van der Waals surface area contributed by atoms with E-state index in [-0.39, 0.29) is 30.1 Å². The van der Waals surface area contributed by atoms with E-state index in [2.05, 4.69) is 10.2 Å². The highest BCUT2D eigenvalue weighted by molar-refractivity contribution is 6.03. The quantitative estimate of drug-likeness (QED) is 0.627. The third-order valence-electron chi connectivity index (χ3n) is 7.40. The molecule has 4 amide bonds. The minimum absolute atomic E-state index is 0.0441. The second kappa shape index (κ2) is 10.2. The Balaban J connectivity index is 1.30. The van der Waals surface area contributed by atoms with E-state index in [1.165, 1.54) is 35.0 Å². The molecule has 1 fully saturated rings. The molecule has 0 aromatic heterocycles.